The molecule has 0 radical (unpaired) electrons. The third-order valence-corrected chi connectivity index (χ3v) is 10.5. The summed E-state index contributed by atoms with van der Waals surface area (Å²) in [5, 5.41) is 1.47. The first kappa shape index (κ1) is 31.8. The number of hydrogen-bond donors (Lipinski definition) is 0. The zero-order valence-electron chi connectivity index (χ0n) is 23.5. The second kappa shape index (κ2) is 12.7. The van der Waals surface area contributed by atoms with Crippen LogP contribution in [0.4, 0.5) is 5.69 Å². The Bertz CT molecular complexity index is 1640. The van der Waals surface area contributed by atoms with Gasteiger partial charge in [0.1, 0.15) is 0 Å². The minimum atomic E-state index is -4.37. The molecule has 2 aromatic rings. The molecule has 2 aromatic carbocycles. The highest BCUT2D eigenvalue weighted by atomic mass is 35.5. The van der Waals surface area contributed by atoms with Gasteiger partial charge in [-0.3, -0.25) is 0 Å². The molecule has 1 heterocycles. The minimum Gasteiger partial charge on any atom is -0.748 e. The number of benzene rings is 2. The molecule has 4 rings (SSSR count). The highest BCUT2D eigenvalue weighted by Crippen LogP contribution is 2.48. The van der Waals surface area contributed by atoms with Gasteiger partial charge < -0.3 is 14.0 Å². The van der Waals surface area contributed by atoms with Gasteiger partial charge in [-0.2, -0.15) is 0 Å². The number of rotatable bonds is 11. The Morgan fingerprint density at radius 1 is 1.05 bits per heavy atom. The largest absolute Gasteiger partial charge is 0.748 e. The van der Waals surface area contributed by atoms with Gasteiger partial charge in [0.05, 0.1) is 31.0 Å². The predicted octanol–water partition coefficient (Wildman–Crippen LogP) is 6.50. The molecule has 0 N–H and O–H groups in total. The van der Waals surface area contributed by atoms with Crippen LogP contribution in [0.25, 0.3) is 5.57 Å². The maximum absolute atomic E-state index is 11.5. The van der Waals surface area contributed by atoms with Crippen molar-refractivity contribution in [2.75, 3.05) is 23.0 Å². The van der Waals surface area contributed by atoms with Crippen molar-refractivity contribution in [2.45, 2.75) is 51.9 Å². The summed E-state index contributed by atoms with van der Waals surface area (Å²) < 4.78 is 68.7. The Morgan fingerprint density at radius 3 is 2.39 bits per heavy atom. The Balaban J connectivity index is 1.73. The molecule has 0 fully saturated rings. The Kier molecular flexibility index (Phi) is 9.83. The van der Waals surface area contributed by atoms with Gasteiger partial charge in [-0.25, -0.2) is 16.8 Å². The van der Waals surface area contributed by atoms with Crippen LogP contribution in [-0.2, 0) is 26.7 Å². The SMILES string of the molecule is CCC(/C=C1\Sc2ccc(Cl)cc2N1CC(C)CS(=O)(=O)[O-])=C\C1=C(CC(C)CS(=O)(=O)[O-])c2cc(C)ccc2C1. The summed E-state index contributed by atoms with van der Waals surface area (Å²) in [6.07, 6.45) is 6.14. The van der Waals surface area contributed by atoms with Gasteiger partial charge in [-0.1, -0.05) is 74.0 Å². The molecular weight excluding hydrogens is 602 g/mol. The lowest BCUT2D eigenvalue weighted by atomic mass is 9.94. The summed E-state index contributed by atoms with van der Waals surface area (Å²) in [5.41, 5.74) is 7.44. The Morgan fingerprint density at radius 2 is 1.73 bits per heavy atom. The molecule has 2 unspecified atom stereocenters. The van der Waals surface area contributed by atoms with Crippen LogP contribution >= 0.6 is 23.4 Å². The van der Waals surface area contributed by atoms with E-state index in [2.05, 4.69) is 37.3 Å². The predicted molar refractivity (Wildman–Crippen MR) is 165 cm³/mol. The van der Waals surface area contributed by atoms with Crippen LogP contribution in [0, 0.1) is 18.8 Å². The average Bonchev–Trinajstić information content (AvgIpc) is 3.33. The molecule has 41 heavy (non-hydrogen) atoms. The topological polar surface area (TPSA) is 118 Å². The molecule has 7 nitrogen and oxygen atoms in total. The van der Waals surface area contributed by atoms with Crippen molar-refractivity contribution in [3.05, 3.63) is 86.4 Å². The van der Waals surface area contributed by atoms with E-state index >= 15 is 0 Å². The molecular formula is C30H34ClNO6S3-2. The normalized spacial score (nSPS) is 18.2. The summed E-state index contributed by atoms with van der Waals surface area (Å²) in [5.74, 6) is -1.60. The molecule has 0 amide bonds. The summed E-state index contributed by atoms with van der Waals surface area (Å²) in [4.78, 5) is 3.01. The van der Waals surface area contributed by atoms with E-state index in [4.69, 9.17) is 11.6 Å². The van der Waals surface area contributed by atoms with Crippen LogP contribution in [0.2, 0.25) is 5.02 Å². The van der Waals surface area contributed by atoms with E-state index in [9.17, 15) is 25.9 Å². The Hall–Kier alpha value is -2.08. The quantitative estimate of drug-likeness (QED) is 0.257. The smallest absolute Gasteiger partial charge is 0.0949 e. The summed E-state index contributed by atoms with van der Waals surface area (Å²) in [7, 11) is -8.71. The average molecular weight is 636 g/mol. The number of aryl methyl sites for hydroxylation is 1. The van der Waals surface area contributed by atoms with Crippen molar-refractivity contribution in [2.24, 2.45) is 11.8 Å². The number of allylic oxidation sites excluding steroid dienone is 5. The highest BCUT2D eigenvalue weighted by Gasteiger charge is 2.28. The van der Waals surface area contributed by atoms with Crippen molar-refractivity contribution in [3.63, 3.8) is 0 Å². The highest BCUT2D eigenvalue weighted by molar-refractivity contribution is 8.03. The third kappa shape index (κ3) is 8.49. The van der Waals surface area contributed by atoms with Gasteiger partial charge in [-0.05, 0) is 90.1 Å². The van der Waals surface area contributed by atoms with Gasteiger partial charge in [0.25, 0.3) is 0 Å². The molecule has 1 aliphatic carbocycles. The van der Waals surface area contributed by atoms with Gasteiger partial charge in [0.15, 0.2) is 0 Å². The molecule has 11 heteroatoms. The van der Waals surface area contributed by atoms with Crippen LogP contribution in [0.1, 0.15) is 50.3 Å². The fourth-order valence-corrected chi connectivity index (χ4v) is 8.37. The number of thioether (sulfide) groups is 1. The maximum Gasteiger partial charge on any atom is 0.0949 e. The summed E-state index contributed by atoms with van der Waals surface area (Å²) in [6.45, 7) is 7.95. The Labute approximate surface area is 252 Å². The first-order valence-electron chi connectivity index (χ1n) is 13.5. The van der Waals surface area contributed by atoms with Crippen LogP contribution < -0.4 is 4.90 Å². The molecule has 1 aliphatic heterocycles. The monoisotopic (exact) mass is 635 g/mol. The standard InChI is InChI=1S/C30H36ClNO6S3/c1-5-22(12-24-14-23-7-6-19(2)10-26(23)27(24)11-20(3)17-40(33,34)35)13-30-32(16-21(4)18-41(36,37)38)28-15-25(31)8-9-29(28)39-30/h6-10,12-13,15,20-21H,5,11,14,16-18H2,1-4H3,(H,33,34,35)(H,36,37,38)/p-2/b22-12+,30-13-. The third-order valence-electron chi connectivity index (χ3n) is 7.15. The first-order chi connectivity index (χ1) is 19.1. The number of hydrogen-bond acceptors (Lipinski definition) is 8. The van der Waals surface area contributed by atoms with Crippen molar-refractivity contribution in [1.82, 2.24) is 0 Å². The van der Waals surface area contributed by atoms with E-state index < -0.39 is 37.7 Å². The number of anilines is 1. The molecule has 0 saturated carbocycles. The molecule has 0 bridgehead atoms. The zero-order valence-corrected chi connectivity index (χ0v) is 26.7. The molecule has 0 aromatic heterocycles. The molecule has 0 saturated heterocycles. The van der Waals surface area contributed by atoms with E-state index in [1.165, 1.54) is 5.56 Å². The number of fused-ring (bicyclic) bond motifs is 2. The number of halogens is 1. The molecule has 0 spiro atoms. The van der Waals surface area contributed by atoms with Crippen molar-refractivity contribution in [1.29, 1.82) is 0 Å². The van der Waals surface area contributed by atoms with Crippen LogP contribution in [0.3, 0.4) is 0 Å². The van der Waals surface area contributed by atoms with Gasteiger partial charge in [0, 0.05) is 28.0 Å². The van der Waals surface area contributed by atoms with Crippen LogP contribution in [0.5, 0.6) is 0 Å². The summed E-state index contributed by atoms with van der Waals surface area (Å²) in [6, 6.07) is 11.9. The van der Waals surface area contributed by atoms with Crippen molar-refractivity contribution >= 4 is 54.9 Å². The van der Waals surface area contributed by atoms with E-state index in [0.29, 0.717) is 24.4 Å². The second-order valence-electron chi connectivity index (χ2n) is 11.1. The lowest BCUT2D eigenvalue weighted by Crippen LogP contribution is -2.28. The van der Waals surface area contributed by atoms with Crippen molar-refractivity contribution in [3.8, 4) is 0 Å². The molecule has 222 valence electrons. The fourth-order valence-electron chi connectivity index (χ4n) is 5.46. The van der Waals surface area contributed by atoms with E-state index in [0.717, 1.165) is 49.9 Å². The second-order valence-corrected chi connectivity index (χ2v) is 15.5. The number of nitrogens with zero attached hydrogens (tertiary/aromatic N) is 1. The van der Waals surface area contributed by atoms with Crippen molar-refractivity contribution < 1.29 is 25.9 Å². The van der Waals surface area contributed by atoms with Crippen LogP contribution in [-0.4, -0.2) is 44.0 Å². The summed E-state index contributed by atoms with van der Waals surface area (Å²) >= 11 is 7.87. The van der Waals surface area contributed by atoms with Gasteiger partial charge >= 0.3 is 0 Å². The van der Waals surface area contributed by atoms with Crippen LogP contribution in [0.15, 0.2) is 69.6 Å². The molecule has 2 aliphatic rings. The van der Waals surface area contributed by atoms with E-state index in [1.54, 1.807) is 25.6 Å². The maximum atomic E-state index is 11.5. The van der Waals surface area contributed by atoms with Gasteiger partial charge in [0.2, 0.25) is 0 Å². The van der Waals surface area contributed by atoms with E-state index in [-0.39, 0.29) is 5.92 Å². The fraction of sp³-hybridized carbons (Fsp3) is 0.400. The van der Waals surface area contributed by atoms with E-state index in [1.807, 2.05) is 30.0 Å². The first-order valence-corrected chi connectivity index (χ1v) is 17.8. The lowest BCUT2D eigenvalue weighted by molar-refractivity contribution is 0.449. The zero-order chi connectivity index (χ0) is 30.1. The minimum absolute atomic E-state index is 0.329. The van der Waals surface area contributed by atoms with Gasteiger partial charge in [-0.15, -0.1) is 0 Å². The molecule has 2 atom stereocenters. The lowest BCUT2D eigenvalue weighted by Gasteiger charge is -2.25.